The van der Waals surface area contributed by atoms with Gasteiger partial charge in [-0.05, 0) is 37.5 Å². The lowest BCUT2D eigenvalue weighted by Gasteiger charge is -2.33. The summed E-state index contributed by atoms with van der Waals surface area (Å²) in [7, 11) is 0. The van der Waals surface area contributed by atoms with E-state index in [2.05, 4.69) is 16.0 Å². The molecule has 0 radical (unpaired) electrons. The van der Waals surface area contributed by atoms with Crippen molar-refractivity contribution in [1.29, 1.82) is 0 Å². The summed E-state index contributed by atoms with van der Waals surface area (Å²) in [6.07, 6.45) is 2.23. The van der Waals surface area contributed by atoms with Crippen LogP contribution in [0.25, 0.3) is 0 Å². The second-order valence-electron chi connectivity index (χ2n) is 4.96. The van der Waals surface area contributed by atoms with E-state index in [1.807, 2.05) is 13.0 Å². The summed E-state index contributed by atoms with van der Waals surface area (Å²) in [6.45, 7) is 4.96. The lowest BCUT2D eigenvalue weighted by atomic mass is 10.1. The minimum atomic E-state index is 0.0967. The minimum absolute atomic E-state index is 0.0967. The Kier molecular flexibility index (Phi) is 5.13. The van der Waals surface area contributed by atoms with Gasteiger partial charge in [0.05, 0.1) is 19.3 Å². The number of hydrogen-bond acceptors (Lipinski definition) is 5. The van der Waals surface area contributed by atoms with Crippen LogP contribution in [0.15, 0.2) is 12.1 Å². The Labute approximate surface area is 114 Å². The maximum Gasteiger partial charge on any atom is 0.129 e. The first-order chi connectivity index (χ1) is 9.22. The summed E-state index contributed by atoms with van der Waals surface area (Å²) in [5, 5.41) is 8.76. The van der Waals surface area contributed by atoms with Crippen LogP contribution in [0, 0.1) is 6.92 Å². The van der Waals surface area contributed by atoms with E-state index in [1.54, 1.807) is 0 Å². The number of rotatable bonds is 5. The fraction of sp³-hybridized carbons (Fsp3) is 0.643. The highest BCUT2D eigenvalue weighted by Gasteiger charge is 2.20. The molecule has 19 heavy (non-hydrogen) atoms. The number of pyridine rings is 1. The van der Waals surface area contributed by atoms with Crippen LogP contribution >= 0.6 is 0 Å². The van der Waals surface area contributed by atoms with Crippen LogP contribution < -0.4 is 10.6 Å². The zero-order valence-corrected chi connectivity index (χ0v) is 11.5. The molecule has 0 unspecified atom stereocenters. The average molecular weight is 265 g/mol. The smallest absolute Gasteiger partial charge is 0.129 e. The Morgan fingerprint density at radius 3 is 2.79 bits per heavy atom. The van der Waals surface area contributed by atoms with E-state index < -0.39 is 0 Å². The van der Waals surface area contributed by atoms with Gasteiger partial charge in [0.15, 0.2) is 0 Å². The van der Waals surface area contributed by atoms with Gasteiger partial charge in [0.25, 0.3) is 0 Å². The summed E-state index contributed by atoms with van der Waals surface area (Å²) in [4.78, 5) is 6.86. The number of anilines is 1. The van der Waals surface area contributed by atoms with E-state index >= 15 is 0 Å². The Balaban J connectivity index is 1.95. The van der Waals surface area contributed by atoms with Gasteiger partial charge in [-0.1, -0.05) is 0 Å². The predicted octanol–water partition coefficient (Wildman–Crippen LogP) is 0.826. The number of aryl methyl sites for hydroxylation is 1. The van der Waals surface area contributed by atoms with E-state index in [1.165, 1.54) is 0 Å². The van der Waals surface area contributed by atoms with E-state index in [9.17, 15) is 0 Å². The van der Waals surface area contributed by atoms with Gasteiger partial charge in [0.1, 0.15) is 5.82 Å². The third kappa shape index (κ3) is 3.89. The molecular formula is C14H23N3O2. The Morgan fingerprint density at radius 1 is 1.42 bits per heavy atom. The van der Waals surface area contributed by atoms with Crippen molar-refractivity contribution in [2.45, 2.75) is 32.4 Å². The third-order valence-corrected chi connectivity index (χ3v) is 3.45. The Morgan fingerprint density at radius 2 is 2.16 bits per heavy atom. The van der Waals surface area contributed by atoms with Crippen LogP contribution in [-0.4, -0.2) is 42.5 Å². The van der Waals surface area contributed by atoms with Crippen molar-refractivity contribution >= 4 is 5.82 Å². The van der Waals surface area contributed by atoms with Gasteiger partial charge >= 0.3 is 0 Å². The van der Waals surface area contributed by atoms with E-state index in [4.69, 9.17) is 15.6 Å². The Bertz CT molecular complexity index is 404. The van der Waals surface area contributed by atoms with Crippen LogP contribution in [0.4, 0.5) is 5.82 Å². The molecule has 0 saturated carbocycles. The van der Waals surface area contributed by atoms with Crippen molar-refractivity contribution in [3.8, 4) is 0 Å². The monoisotopic (exact) mass is 265 g/mol. The molecule has 3 N–H and O–H groups in total. The predicted molar refractivity (Wildman–Crippen MR) is 75.1 cm³/mol. The summed E-state index contributed by atoms with van der Waals surface area (Å²) >= 11 is 0. The molecule has 2 heterocycles. The van der Waals surface area contributed by atoms with Crippen molar-refractivity contribution < 1.29 is 9.84 Å². The Hall–Kier alpha value is -1.17. The van der Waals surface area contributed by atoms with Crippen molar-refractivity contribution in [3.05, 3.63) is 23.4 Å². The maximum atomic E-state index is 8.76. The molecule has 2 rings (SSSR count). The maximum absolute atomic E-state index is 8.76. The highest BCUT2D eigenvalue weighted by atomic mass is 16.5. The summed E-state index contributed by atoms with van der Waals surface area (Å²) < 4.78 is 5.57. The molecule has 106 valence electrons. The highest BCUT2D eigenvalue weighted by molar-refractivity contribution is 5.43. The van der Waals surface area contributed by atoms with Crippen molar-refractivity contribution in [3.63, 3.8) is 0 Å². The third-order valence-electron chi connectivity index (χ3n) is 3.45. The van der Waals surface area contributed by atoms with Gasteiger partial charge in [-0.2, -0.15) is 0 Å². The fourth-order valence-electron chi connectivity index (χ4n) is 2.47. The molecule has 1 aliphatic heterocycles. The molecule has 1 aliphatic rings. The molecule has 0 bridgehead atoms. The number of piperidine rings is 1. The highest BCUT2D eigenvalue weighted by Crippen LogP contribution is 2.21. The molecule has 1 aromatic heterocycles. The van der Waals surface area contributed by atoms with Gasteiger partial charge in [-0.25, -0.2) is 4.98 Å². The van der Waals surface area contributed by atoms with Crippen LogP contribution in [0.5, 0.6) is 0 Å². The van der Waals surface area contributed by atoms with Crippen molar-refractivity contribution in [2.75, 3.05) is 31.2 Å². The first-order valence-electron chi connectivity index (χ1n) is 6.88. The van der Waals surface area contributed by atoms with Gasteiger partial charge in [-0.3, -0.25) is 0 Å². The van der Waals surface area contributed by atoms with Crippen molar-refractivity contribution in [2.24, 2.45) is 5.73 Å². The molecule has 0 aliphatic carbocycles. The number of aliphatic hydroxyl groups excluding tert-OH is 1. The zero-order chi connectivity index (χ0) is 13.7. The first-order valence-corrected chi connectivity index (χ1v) is 6.88. The molecule has 5 heteroatoms. The number of ether oxygens (including phenoxy) is 1. The van der Waals surface area contributed by atoms with Crippen LogP contribution in [-0.2, 0) is 11.3 Å². The van der Waals surface area contributed by atoms with Crippen LogP contribution in [0.2, 0.25) is 0 Å². The zero-order valence-electron chi connectivity index (χ0n) is 11.5. The lowest BCUT2D eigenvalue weighted by molar-refractivity contribution is 0.0158. The second kappa shape index (κ2) is 6.84. The van der Waals surface area contributed by atoms with Gasteiger partial charge < -0.3 is 20.5 Å². The number of nitrogens with two attached hydrogens (primary N) is 1. The summed E-state index contributed by atoms with van der Waals surface area (Å²) in [5.41, 5.74) is 7.84. The molecule has 0 spiro atoms. The molecule has 5 nitrogen and oxygen atoms in total. The number of nitrogens with zero attached hydrogens (tertiary/aromatic N) is 2. The largest absolute Gasteiger partial charge is 0.394 e. The molecule has 0 aromatic carbocycles. The van der Waals surface area contributed by atoms with Gasteiger partial charge in [0, 0.05) is 25.3 Å². The van der Waals surface area contributed by atoms with Crippen molar-refractivity contribution in [1.82, 2.24) is 4.98 Å². The molecule has 0 amide bonds. The SMILES string of the molecule is Cc1cc(CN)cc(N2CCC(OCCO)CC2)n1. The quantitative estimate of drug-likeness (QED) is 0.825. The van der Waals surface area contributed by atoms with Crippen LogP contribution in [0.1, 0.15) is 24.1 Å². The average Bonchev–Trinajstić information content (AvgIpc) is 2.45. The number of aromatic nitrogens is 1. The molecular weight excluding hydrogens is 242 g/mol. The normalized spacial score (nSPS) is 16.9. The molecule has 1 saturated heterocycles. The van der Waals surface area contributed by atoms with E-state index in [0.717, 1.165) is 43.0 Å². The lowest BCUT2D eigenvalue weighted by Crippen LogP contribution is -2.38. The second-order valence-corrected chi connectivity index (χ2v) is 4.96. The molecule has 1 fully saturated rings. The van der Waals surface area contributed by atoms with E-state index in [0.29, 0.717) is 13.2 Å². The fourth-order valence-corrected chi connectivity index (χ4v) is 2.47. The number of aliphatic hydroxyl groups is 1. The van der Waals surface area contributed by atoms with Gasteiger partial charge in [-0.15, -0.1) is 0 Å². The van der Waals surface area contributed by atoms with Crippen LogP contribution in [0.3, 0.4) is 0 Å². The number of hydrogen-bond donors (Lipinski definition) is 2. The van der Waals surface area contributed by atoms with E-state index in [-0.39, 0.29) is 12.7 Å². The summed E-state index contributed by atoms with van der Waals surface area (Å²) in [5.74, 6) is 1.01. The van der Waals surface area contributed by atoms with Gasteiger partial charge in [0.2, 0.25) is 0 Å². The summed E-state index contributed by atoms with van der Waals surface area (Å²) in [6, 6.07) is 4.10. The molecule has 0 atom stereocenters. The molecule has 1 aromatic rings. The first kappa shape index (κ1) is 14.2. The standard InChI is InChI=1S/C14H23N3O2/c1-11-8-12(10-15)9-14(16-11)17-4-2-13(3-5-17)19-7-6-18/h8-9,13,18H,2-7,10,15H2,1H3. The topological polar surface area (TPSA) is 71.6 Å². The minimum Gasteiger partial charge on any atom is -0.394 e.